The molecule has 0 aliphatic rings. The van der Waals surface area contributed by atoms with Crippen LogP contribution in [-0.4, -0.2) is 28.6 Å². The largest absolute Gasteiger partial charge is 0.397 e. The van der Waals surface area contributed by atoms with Gasteiger partial charge in [0.2, 0.25) is 0 Å². The highest BCUT2D eigenvalue weighted by atomic mass is 16.3. The Bertz CT molecular complexity index is 1140. The van der Waals surface area contributed by atoms with Crippen molar-refractivity contribution in [1.82, 2.24) is 10.3 Å². The van der Waals surface area contributed by atoms with Gasteiger partial charge >= 0.3 is 6.03 Å². The van der Waals surface area contributed by atoms with Crippen molar-refractivity contribution < 1.29 is 14.7 Å². The summed E-state index contributed by atoms with van der Waals surface area (Å²) in [5.41, 5.74) is 8.72. The minimum absolute atomic E-state index is 0.0260. The number of benzene rings is 2. The molecule has 9 heteroatoms. The van der Waals surface area contributed by atoms with Crippen molar-refractivity contribution in [3.05, 3.63) is 83.7 Å². The molecule has 3 rings (SSSR count). The number of carbonyl (C=O) groups excluding carboxylic acids is 2. The van der Waals surface area contributed by atoms with Crippen LogP contribution in [-0.2, 0) is 0 Å². The lowest BCUT2D eigenvalue weighted by atomic mass is 10.0. The van der Waals surface area contributed by atoms with E-state index < -0.39 is 18.0 Å². The van der Waals surface area contributed by atoms with Gasteiger partial charge in [0.25, 0.3) is 5.91 Å². The van der Waals surface area contributed by atoms with Gasteiger partial charge in [-0.05, 0) is 60.9 Å². The normalized spacial score (nSPS) is 11.2. The number of aromatic nitrogens is 1. The summed E-state index contributed by atoms with van der Waals surface area (Å²) in [4.78, 5) is 29.2. The number of aliphatic hydroxyl groups is 1. The number of anilines is 3. The van der Waals surface area contributed by atoms with Crippen LogP contribution in [0.25, 0.3) is 0 Å². The Hall–Kier alpha value is -4.42. The predicted molar refractivity (Wildman–Crippen MR) is 125 cm³/mol. The van der Waals surface area contributed by atoms with E-state index in [2.05, 4.69) is 20.9 Å². The second kappa shape index (κ2) is 11.3. The third kappa shape index (κ3) is 6.53. The summed E-state index contributed by atoms with van der Waals surface area (Å²) < 4.78 is 0. The van der Waals surface area contributed by atoms with Crippen LogP contribution in [0.5, 0.6) is 0 Å². The molecule has 1 heterocycles. The highest BCUT2D eigenvalue weighted by Crippen LogP contribution is 2.20. The maximum absolute atomic E-state index is 12.5. The van der Waals surface area contributed by atoms with Crippen molar-refractivity contribution in [2.75, 3.05) is 23.0 Å². The van der Waals surface area contributed by atoms with E-state index in [1.54, 1.807) is 60.7 Å². The average Bonchev–Trinajstić information content (AvgIpc) is 2.83. The van der Waals surface area contributed by atoms with E-state index in [1.807, 2.05) is 6.07 Å². The van der Waals surface area contributed by atoms with Gasteiger partial charge in [0.1, 0.15) is 5.69 Å². The van der Waals surface area contributed by atoms with Gasteiger partial charge in [-0.3, -0.25) is 9.78 Å². The van der Waals surface area contributed by atoms with Crippen LogP contribution in [0.2, 0.25) is 0 Å². The van der Waals surface area contributed by atoms with Gasteiger partial charge in [-0.15, -0.1) is 0 Å². The Balaban J connectivity index is 1.67. The number of nitrogens with zero attached hydrogens (tertiary/aromatic N) is 2. The Morgan fingerprint density at radius 3 is 2.45 bits per heavy atom. The maximum Gasteiger partial charge on any atom is 0.319 e. The summed E-state index contributed by atoms with van der Waals surface area (Å²) in [6.45, 7) is -0.0260. The lowest BCUT2D eigenvalue weighted by Gasteiger charge is -2.19. The molecule has 6 N–H and O–H groups in total. The number of hydrogen-bond acceptors (Lipinski definition) is 6. The van der Waals surface area contributed by atoms with Gasteiger partial charge in [0.15, 0.2) is 0 Å². The second-order valence-electron chi connectivity index (χ2n) is 7.22. The fourth-order valence-corrected chi connectivity index (χ4v) is 3.11. The fraction of sp³-hybridized carbons (Fsp3) is 0.167. The van der Waals surface area contributed by atoms with Gasteiger partial charge in [0, 0.05) is 18.5 Å². The number of nitriles is 1. The smallest absolute Gasteiger partial charge is 0.319 e. The number of urea groups is 1. The number of rotatable bonds is 8. The number of aliphatic hydroxyl groups excluding tert-OH is 1. The number of amides is 3. The number of pyridine rings is 1. The van der Waals surface area contributed by atoms with E-state index in [9.17, 15) is 14.7 Å². The molecule has 2 aromatic carbocycles. The zero-order valence-electron chi connectivity index (χ0n) is 17.8. The molecule has 0 bridgehead atoms. The van der Waals surface area contributed by atoms with Gasteiger partial charge < -0.3 is 26.8 Å². The standard InChI is InChI=1S/C24H24N6O3/c25-14-16-7-10-18(11-8-16)28-24(33)30-20(6-3-13-31)17-9-12-22(27-15-17)23(32)29-21-5-2-1-4-19(21)26/h1-2,4-5,7-12,15,20,31H,3,6,13,26H2,(H,29,32)(H2,28,30,33). The summed E-state index contributed by atoms with van der Waals surface area (Å²) in [6.07, 6.45) is 2.47. The monoisotopic (exact) mass is 444 g/mol. The van der Waals surface area contributed by atoms with E-state index in [0.29, 0.717) is 41.0 Å². The lowest BCUT2D eigenvalue weighted by Crippen LogP contribution is -2.33. The number of carbonyl (C=O) groups is 2. The zero-order chi connectivity index (χ0) is 23.6. The first-order valence-electron chi connectivity index (χ1n) is 10.3. The molecule has 0 aliphatic heterocycles. The quantitative estimate of drug-likeness (QED) is 0.336. The Labute approximate surface area is 191 Å². The van der Waals surface area contributed by atoms with Gasteiger partial charge in [-0.1, -0.05) is 18.2 Å². The molecule has 3 amide bonds. The van der Waals surface area contributed by atoms with Crippen molar-refractivity contribution in [1.29, 1.82) is 5.26 Å². The highest BCUT2D eigenvalue weighted by molar-refractivity contribution is 6.04. The van der Waals surface area contributed by atoms with Crippen molar-refractivity contribution in [3.8, 4) is 6.07 Å². The molecular weight excluding hydrogens is 420 g/mol. The number of nitrogen functional groups attached to an aromatic ring is 1. The fourth-order valence-electron chi connectivity index (χ4n) is 3.11. The number of nitrogens with one attached hydrogen (secondary N) is 3. The van der Waals surface area contributed by atoms with E-state index in [1.165, 1.54) is 6.20 Å². The highest BCUT2D eigenvalue weighted by Gasteiger charge is 2.17. The van der Waals surface area contributed by atoms with Crippen LogP contribution in [0, 0.1) is 11.3 Å². The summed E-state index contributed by atoms with van der Waals surface area (Å²) in [7, 11) is 0. The van der Waals surface area contributed by atoms with Gasteiger partial charge in [-0.2, -0.15) is 5.26 Å². The van der Waals surface area contributed by atoms with Crippen LogP contribution < -0.4 is 21.7 Å². The lowest BCUT2D eigenvalue weighted by molar-refractivity contribution is 0.102. The van der Waals surface area contributed by atoms with Crippen LogP contribution >= 0.6 is 0 Å². The van der Waals surface area contributed by atoms with Crippen LogP contribution in [0.4, 0.5) is 21.9 Å². The first kappa shape index (κ1) is 23.2. The molecule has 1 unspecified atom stereocenters. The van der Waals surface area contributed by atoms with Crippen molar-refractivity contribution in [2.45, 2.75) is 18.9 Å². The molecule has 3 aromatic rings. The summed E-state index contributed by atoms with van der Waals surface area (Å²) in [5, 5.41) is 26.4. The second-order valence-corrected chi connectivity index (χ2v) is 7.22. The number of hydrogen-bond donors (Lipinski definition) is 5. The van der Waals surface area contributed by atoms with Crippen LogP contribution in [0.1, 0.15) is 40.5 Å². The topological polar surface area (TPSA) is 153 Å². The summed E-state index contributed by atoms with van der Waals surface area (Å²) >= 11 is 0. The van der Waals surface area contributed by atoms with Crippen LogP contribution in [0.3, 0.4) is 0 Å². The zero-order valence-corrected chi connectivity index (χ0v) is 17.8. The Kier molecular flexibility index (Phi) is 7.94. The molecule has 168 valence electrons. The number of para-hydroxylation sites is 2. The SMILES string of the molecule is N#Cc1ccc(NC(=O)NC(CCCO)c2ccc(C(=O)Nc3ccccc3N)nc2)cc1. The van der Waals surface area contributed by atoms with Gasteiger partial charge in [0.05, 0.1) is 29.0 Å². The molecule has 33 heavy (non-hydrogen) atoms. The maximum atomic E-state index is 12.5. The molecule has 0 aliphatic carbocycles. The summed E-state index contributed by atoms with van der Waals surface area (Å²) in [6, 6.07) is 17.8. The molecule has 0 saturated carbocycles. The molecule has 0 fully saturated rings. The van der Waals surface area contributed by atoms with Crippen molar-refractivity contribution in [3.63, 3.8) is 0 Å². The Morgan fingerprint density at radius 1 is 1.06 bits per heavy atom. The van der Waals surface area contributed by atoms with Gasteiger partial charge in [-0.25, -0.2) is 4.79 Å². The molecular formula is C24H24N6O3. The van der Waals surface area contributed by atoms with E-state index in [4.69, 9.17) is 11.0 Å². The van der Waals surface area contributed by atoms with Crippen LogP contribution in [0.15, 0.2) is 66.9 Å². The van der Waals surface area contributed by atoms with E-state index in [0.717, 1.165) is 0 Å². The molecule has 9 nitrogen and oxygen atoms in total. The van der Waals surface area contributed by atoms with E-state index in [-0.39, 0.29) is 12.3 Å². The minimum atomic E-state index is -0.441. The van der Waals surface area contributed by atoms with Crippen molar-refractivity contribution in [2.24, 2.45) is 0 Å². The minimum Gasteiger partial charge on any atom is -0.397 e. The molecule has 0 radical (unpaired) electrons. The average molecular weight is 444 g/mol. The molecule has 1 aromatic heterocycles. The third-order valence-electron chi connectivity index (χ3n) is 4.86. The first-order chi connectivity index (χ1) is 16.0. The molecule has 0 spiro atoms. The number of nitrogens with two attached hydrogens (primary N) is 1. The first-order valence-corrected chi connectivity index (χ1v) is 10.3. The predicted octanol–water partition coefficient (Wildman–Crippen LogP) is 3.42. The van der Waals surface area contributed by atoms with E-state index >= 15 is 0 Å². The molecule has 1 atom stereocenters. The third-order valence-corrected chi connectivity index (χ3v) is 4.86. The Morgan fingerprint density at radius 2 is 1.82 bits per heavy atom. The summed E-state index contributed by atoms with van der Waals surface area (Å²) in [5.74, 6) is -0.405. The molecule has 0 saturated heterocycles. The van der Waals surface area contributed by atoms with Crippen molar-refractivity contribution >= 4 is 29.0 Å².